The summed E-state index contributed by atoms with van der Waals surface area (Å²) < 4.78 is 0. The molecule has 0 amide bonds. The van der Waals surface area contributed by atoms with Gasteiger partial charge >= 0.3 is 0 Å². The average molecular weight is 239 g/mol. The topological polar surface area (TPSA) is 32.3 Å². The van der Waals surface area contributed by atoms with Crippen LogP contribution in [0, 0.1) is 17.8 Å². The molecular formula is C15H29NO. The van der Waals surface area contributed by atoms with E-state index in [1.54, 1.807) is 0 Å². The maximum absolute atomic E-state index is 9.91. The van der Waals surface area contributed by atoms with Crippen LogP contribution in [0.3, 0.4) is 0 Å². The number of aliphatic hydroxyl groups excluding tert-OH is 1. The second-order valence-corrected chi connectivity index (χ2v) is 6.41. The molecule has 0 aromatic rings. The van der Waals surface area contributed by atoms with E-state index in [4.69, 9.17) is 0 Å². The number of nitrogens with one attached hydrogen (secondary N) is 1. The van der Waals surface area contributed by atoms with E-state index in [-0.39, 0.29) is 6.10 Å². The van der Waals surface area contributed by atoms with Crippen LogP contribution in [0.4, 0.5) is 0 Å². The molecule has 4 unspecified atom stereocenters. The predicted octanol–water partition coefficient (Wildman–Crippen LogP) is 2.95. The summed E-state index contributed by atoms with van der Waals surface area (Å²) in [5, 5.41) is 13.5. The van der Waals surface area contributed by atoms with Gasteiger partial charge in [0.1, 0.15) is 0 Å². The summed E-state index contributed by atoms with van der Waals surface area (Å²) in [5.74, 6) is 2.33. The number of hydrogen-bond donors (Lipinski definition) is 2. The predicted molar refractivity (Wildman–Crippen MR) is 72.0 cm³/mol. The molecule has 100 valence electrons. The minimum Gasteiger partial charge on any atom is -0.393 e. The normalized spacial score (nSPS) is 39.2. The summed E-state index contributed by atoms with van der Waals surface area (Å²) in [5.41, 5.74) is 0. The lowest BCUT2D eigenvalue weighted by atomic mass is 9.82. The lowest BCUT2D eigenvalue weighted by Gasteiger charge is -2.30. The second kappa shape index (κ2) is 6.75. The minimum atomic E-state index is -0.0403. The molecule has 0 saturated heterocycles. The number of aliphatic hydroxyl groups is 1. The van der Waals surface area contributed by atoms with Crippen molar-refractivity contribution in [2.45, 2.75) is 64.4 Å². The Balaban J connectivity index is 1.61. The smallest absolute Gasteiger partial charge is 0.0580 e. The first-order valence-electron chi connectivity index (χ1n) is 7.64. The molecule has 0 spiro atoms. The van der Waals surface area contributed by atoms with Gasteiger partial charge in [0.25, 0.3) is 0 Å². The van der Waals surface area contributed by atoms with Gasteiger partial charge in [-0.1, -0.05) is 32.6 Å². The highest BCUT2D eigenvalue weighted by Gasteiger charge is 2.23. The molecule has 17 heavy (non-hydrogen) atoms. The Morgan fingerprint density at radius 2 is 1.82 bits per heavy atom. The van der Waals surface area contributed by atoms with Crippen molar-refractivity contribution in [2.24, 2.45) is 17.8 Å². The van der Waals surface area contributed by atoms with Gasteiger partial charge in [0.2, 0.25) is 0 Å². The van der Waals surface area contributed by atoms with Crippen molar-refractivity contribution in [3.8, 4) is 0 Å². The zero-order valence-corrected chi connectivity index (χ0v) is 11.3. The lowest BCUT2D eigenvalue weighted by molar-refractivity contribution is 0.0686. The van der Waals surface area contributed by atoms with E-state index < -0.39 is 0 Å². The molecule has 0 aromatic heterocycles. The molecule has 0 aliphatic heterocycles. The fraction of sp³-hybridized carbons (Fsp3) is 1.00. The van der Waals surface area contributed by atoms with Gasteiger partial charge in [-0.15, -0.1) is 0 Å². The molecule has 0 radical (unpaired) electrons. The van der Waals surface area contributed by atoms with E-state index in [1.165, 1.54) is 51.5 Å². The average Bonchev–Trinajstić information content (AvgIpc) is 2.32. The lowest BCUT2D eigenvalue weighted by Crippen LogP contribution is -2.36. The molecule has 2 N–H and O–H groups in total. The Morgan fingerprint density at radius 1 is 1.00 bits per heavy atom. The van der Waals surface area contributed by atoms with Crippen molar-refractivity contribution in [3.63, 3.8) is 0 Å². The molecule has 2 fully saturated rings. The van der Waals surface area contributed by atoms with Crippen LogP contribution in [-0.2, 0) is 0 Å². The summed E-state index contributed by atoms with van der Waals surface area (Å²) >= 11 is 0. The van der Waals surface area contributed by atoms with Gasteiger partial charge in [-0.2, -0.15) is 0 Å². The van der Waals surface area contributed by atoms with Gasteiger partial charge in [-0.3, -0.25) is 0 Å². The van der Waals surface area contributed by atoms with Crippen molar-refractivity contribution >= 4 is 0 Å². The van der Waals surface area contributed by atoms with Gasteiger partial charge in [0, 0.05) is 6.54 Å². The molecule has 2 saturated carbocycles. The Hall–Kier alpha value is -0.0800. The van der Waals surface area contributed by atoms with Crippen LogP contribution in [0.1, 0.15) is 58.3 Å². The standard InChI is InChI=1S/C15H29NO/c1-12-5-4-6-13(9-12)10-16-11-14-7-2-3-8-15(14)17/h12-17H,2-11H2,1H3. The highest BCUT2D eigenvalue weighted by atomic mass is 16.3. The van der Waals surface area contributed by atoms with Gasteiger partial charge in [-0.25, -0.2) is 0 Å². The van der Waals surface area contributed by atoms with Crippen molar-refractivity contribution in [1.82, 2.24) is 5.32 Å². The maximum Gasteiger partial charge on any atom is 0.0580 e. The van der Waals surface area contributed by atoms with Gasteiger partial charge in [0.05, 0.1) is 6.10 Å². The molecule has 0 heterocycles. The van der Waals surface area contributed by atoms with Crippen molar-refractivity contribution < 1.29 is 5.11 Å². The van der Waals surface area contributed by atoms with Crippen molar-refractivity contribution in [2.75, 3.05) is 13.1 Å². The highest BCUT2D eigenvalue weighted by Crippen LogP contribution is 2.28. The number of hydrogen-bond acceptors (Lipinski definition) is 2. The first kappa shape index (κ1) is 13.4. The van der Waals surface area contributed by atoms with Crippen LogP contribution in [0.5, 0.6) is 0 Å². The number of rotatable bonds is 4. The largest absolute Gasteiger partial charge is 0.393 e. The molecule has 0 aromatic carbocycles. The van der Waals surface area contributed by atoms with Crippen LogP contribution in [-0.4, -0.2) is 24.3 Å². The van der Waals surface area contributed by atoms with Gasteiger partial charge < -0.3 is 10.4 Å². The Labute approximate surface area is 106 Å². The summed E-state index contributed by atoms with van der Waals surface area (Å²) in [6.07, 6.45) is 10.4. The molecule has 0 bridgehead atoms. The van der Waals surface area contributed by atoms with E-state index in [0.29, 0.717) is 5.92 Å². The first-order valence-corrected chi connectivity index (χ1v) is 7.64. The van der Waals surface area contributed by atoms with E-state index in [1.807, 2.05) is 0 Å². The summed E-state index contributed by atoms with van der Waals surface area (Å²) in [6, 6.07) is 0. The van der Waals surface area contributed by atoms with Crippen molar-refractivity contribution in [3.05, 3.63) is 0 Å². The van der Waals surface area contributed by atoms with E-state index in [9.17, 15) is 5.11 Å². The molecule has 2 heteroatoms. The second-order valence-electron chi connectivity index (χ2n) is 6.41. The van der Waals surface area contributed by atoms with E-state index in [2.05, 4.69) is 12.2 Å². The van der Waals surface area contributed by atoms with Crippen molar-refractivity contribution in [1.29, 1.82) is 0 Å². The Morgan fingerprint density at radius 3 is 2.59 bits per heavy atom. The van der Waals surface area contributed by atoms with Crippen LogP contribution >= 0.6 is 0 Å². The third-order valence-electron chi connectivity index (χ3n) is 4.75. The molecule has 2 aliphatic rings. The van der Waals surface area contributed by atoms with E-state index in [0.717, 1.165) is 24.8 Å². The Bertz CT molecular complexity index is 219. The summed E-state index contributed by atoms with van der Waals surface area (Å²) in [6.45, 7) is 4.59. The third-order valence-corrected chi connectivity index (χ3v) is 4.75. The highest BCUT2D eigenvalue weighted by molar-refractivity contribution is 4.78. The molecular weight excluding hydrogens is 210 g/mol. The van der Waals surface area contributed by atoms with E-state index >= 15 is 0 Å². The quantitative estimate of drug-likeness (QED) is 0.790. The van der Waals surface area contributed by atoms with Gasteiger partial charge in [0.15, 0.2) is 0 Å². The third kappa shape index (κ3) is 4.26. The fourth-order valence-electron chi connectivity index (χ4n) is 3.64. The molecule has 2 aliphatic carbocycles. The van der Waals surface area contributed by atoms with Crippen LogP contribution in [0.25, 0.3) is 0 Å². The SMILES string of the molecule is CC1CCCC(CNCC2CCCCC2O)C1. The fourth-order valence-corrected chi connectivity index (χ4v) is 3.64. The zero-order valence-electron chi connectivity index (χ0n) is 11.3. The molecule has 4 atom stereocenters. The summed E-state index contributed by atoms with van der Waals surface area (Å²) in [7, 11) is 0. The minimum absolute atomic E-state index is 0.0403. The molecule has 2 rings (SSSR count). The maximum atomic E-state index is 9.91. The van der Waals surface area contributed by atoms with Gasteiger partial charge in [-0.05, 0) is 50.0 Å². The first-order chi connectivity index (χ1) is 8.25. The summed E-state index contributed by atoms with van der Waals surface area (Å²) in [4.78, 5) is 0. The van der Waals surface area contributed by atoms with Crippen LogP contribution in [0.15, 0.2) is 0 Å². The zero-order chi connectivity index (χ0) is 12.1. The van der Waals surface area contributed by atoms with Crippen LogP contribution < -0.4 is 5.32 Å². The molecule has 2 nitrogen and oxygen atoms in total. The monoisotopic (exact) mass is 239 g/mol. The van der Waals surface area contributed by atoms with Crippen LogP contribution in [0.2, 0.25) is 0 Å². The Kier molecular flexibility index (Phi) is 5.30.